The van der Waals surface area contributed by atoms with Gasteiger partial charge in [-0.15, -0.1) is 0 Å². The zero-order chi connectivity index (χ0) is 30.2. The number of oxime groups is 1. The van der Waals surface area contributed by atoms with Crippen LogP contribution in [0.15, 0.2) is 56.7 Å². The molecule has 41 heavy (non-hydrogen) atoms. The minimum Gasteiger partial charge on any atom is -0.475 e. The van der Waals surface area contributed by atoms with E-state index < -0.39 is 27.8 Å². The first-order valence-electron chi connectivity index (χ1n) is 11.6. The summed E-state index contributed by atoms with van der Waals surface area (Å²) in [5.74, 6) is -2.53. The lowest BCUT2D eigenvalue weighted by molar-refractivity contribution is -0.192. The van der Waals surface area contributed by atoms with Crippen LogP contribution >= 0.6 is 15.9 Å². The number of nitrogens with zero attached hydrogens (tertiary/aromatic N) is 4. The van der Waals surface area contributed by atoms with Crippen molar-refractivity contribution in [1.29, 1.82) is 0 Å². The molecule has 1 fully saturated rings. The summed E-state index contributed by atoms with van der Waals surface area (Å²) in [6, 6.07) is 12.2. The number of carbonyl (C=O) groups is 1. The molecule has 0 spiro atoms. The van der Waals surface area contributed by atoms with Crippen molar-refractivity contribution in [3.63, 3.8) is 0 Å². The van der Waals surface area contributed by atoms with E-state index in [1.165, 1.54) is 18.2 Å². The number of rotatable bonds is 7. The van der Waals surface area contributed by atoms with Gasteiger partial charge in [-0.2, -0.15) is 13.2 Å². The molecule has 1 aliphatic heterocycles. The van der Waals surface area contributed by atoms with Crippen molar-refractivity contribution in [3.05, 3.63) is 69.6 Å². The first-order valence-corrected chi connectivity index (χ1v) is 14.2. The topological polar surface area (TPSA) is 170 Å². The van der Waals surface area contributed by atoms with Gasteiger partial charge in [0.25, 0.3) is 0 Å². The number of carboxylic acid groups (broad SMARTS) is 1. The third-order valence-electron chi connectivity index (χ3n) is 5.56. The minimum absolute atomic E-state index is 0.0267. The van der Waals surface area contributed by atoms with E-state index in [4.69, 9.17) is 14.5 Å². The molecule has 0 radical (unpaired) electrons. The van der Waals surface area contributed by atoms with Crippen molar-refractivity contribution in [3.8, 4) is 0 Å². The normalized spacial score (nSPS) is 15.5. The first kappa shape index (κ1) is 31.8. The van der Waals surface area contributed by atoms with Gasteiger partial charge in [0.2, 0.25) is 11.7 Å². The third kappa shape index (κ3) is 9.68. The predicted octanol–water partition coefficient (Wildman–Crippen LogP) is 3.69. The zero-order valence-corrected chi connectivity index (χ0v) is 23.3. The van der Waals surface area contributed by atoms with Crippen LogP contribution in [0.25, 0.3) is 0 Å². The number of hydrogen-bond donors (Lipinski definition) is 4. The van der Waals surface area contributed by atoms with Crippen molar-refractivity contribution in [2.24, 2.45) is 5.16 Å². The maximum Gasteiger partial charge on any atom is 0.490 e. The maximum absolute atomic E-state index is 13.5. The van der Waals surface area contributed by atoms with Gasteiger partial charge in [-0.05, 0) is 55.6 Å². The largest absolute Gasteiger partial charge is 0.490 e. The van der Waals surface area contributed by atoms with Crippen LogP contribution in [0.3, 0.4) is 0 Å². The molecule has 0 unspecified atom stereocenters. The Labute approximate surface area is 239 Å². The molecule has 0 aliphatic carbocycles. The van der Waals surface area contributed by atoms with Crippen LogP contribution in [0.1, 0.15) is 16.8 Å². The van der Waals surface area contributed by atoms with Crippen LogP contribution < -0.4 is 10.6 Å². The highest BCUT2D eigenvalue weighted by Gasteiger charge is 2.38. The smallest absolute Gasteiger partial charge is 0.475 e. The highest BCUT2D eigenvalue weighted by molar-refractivity contribution is 9.10. The van der Waals surface area contributed by atoms with Crippen molar-refractivity contribution >= 4 is 49.1 Å². The number of hydrogen-bond acceptors (Lipinski definition) is 10. The van der Waals surface area contributed by atoms with Crippen molar-refractivity contribution < 1.29 is 45.7 Å². The Hall–Kier alpha value is -3.77. The van der Waals surface area contributed by atoms with Crippen LogP contribution in [0.4, 0.5) is 29.1 Å². The molecule has 1 aliphatic rings. The van der Waals surface area contributed by atoms with E-state index in [1.54, 1.807) is 0 Å². The van der Waals surface area contributed by atoms with E-state index in [0.717, 1.165) is 11.1 Å². The fourth-order valence-electron chi connectivity index (χ4n) is 3.42. The fraction of sp³-hybridized carbons (Fsp3) is 0.304. The quantitative estimate of drug-likeness (QED) is 0.0953. The second-order valence-corrected chi connectivity index (χ2v) is 11.7. The van der Waals surface area contributed by atoms with Crippen LogP contribution in [0, 0.1) is 5.82 Å². The number of benzene rings is 2. The minimum atomic E-state index is -5.08. The Morgan fingerprint density at radius 2 is 1.71 bits per heavy atom. The number of anilines is 2. The van der Waals surface area contributed by atoms with Crippen LogP contribution in [0.2, 0.25) is 0 Å². The monoisotopic (exact) mass is 666 g/mol. The second-order valence-electron chi connectivity index (χ2n) is 8.56. The van der Waals surface area contributed by atoms with Crippen molar-refractivity contribution in [1.82, 2.24) is 15.2 Å². The molecular weight excluding hydrogens is 644 g/mol. The van der Waals surface area contributed by atoms with Crippen LogP contribution in [-0.4, -0.2) is 76.5 Å². The van der Waals surface area contributed by atoms with Gasteiger partial charge < -0.3 is 20.9 Å². The van der Waals surface area contributed by atoms with Gasteiger partial charge in [-0.25, -0.2) is 22.2 Å². The summed E-state index contributed by atoms with van der Waals surface area (Å²) >= 11 is 3.11. The van der Waals surface area contributed by atoms with Gasteiger partial charge in [0.05, 0.1) is 16.0 Å². The first-order chi connectivity index (χ1) is 19.3. The lowest BCUT2D eigenvalue weighted by Gasteiger charge is -2.26. The second kappa shape index (κ2) is 13.7. The molecule has 2 aromatic carbocycles. The average molecular weight is 667 g/mol. The lowest BCUT2D eigenvalue weighted by atomic mass is 10.1. The number of alkyl halides is 3. The molecule has 3 aromatic rings. The summed E-state index contributed by atoms with van der Waals surface area (Å²) in [4.78, 5) is 11.0. The highest BCUT2D eigenvalue weighted by Crippen LogP contribution is 2.22. The summed E-state index contributed by atoms with van der Waals surface area (Å²) in [6.45, 7) is 2.20. The van der Waals surface area contributed by atoms with Gasteiger partial charge in [-0.3, -0.25) is 4.90 Å². The lowest BCUT2D eigenvalue weighted by Crippen LogP contribution is -2.39. The van der Waals surface area contributed by atoms with Crippen LogP contribution in [-0.2, 0) is 27.7 Å². The molecule has 0 saturated carbocycles. The SMILES string of the molecule is O=C(O)C(F)(F)F.O=S1(=O)CCN(Cc2ccc(CNc3nonc3/C(=N/O)Nc3ccc(F)c(Br)c3)cc2)CC1. The summed E-state index contributed by atoms with van der Waals surface area (Å²) in [6.07, 6.45) is -5.08. The van der Waals surface area contributed by atoms with E-state index in [1.807, 2.05) is 24.3 Å². The number of sulfone groups is 1. The molecule has 0 atom stereocenters. The number of carboxylic acids is 1. The molecule has 12 nitrogen and oxygen atoms in total. The van der Waals surface area contributed by atoms with Gasteiger partial charge in [-0.1, -0.05) is 29.4 Å². The number of aromatic nitrogens is 2. The molecule has 1 aromatic heterocycles. The summed E-state index contributed by atoms with van der Waals surface area (Å²) in [5, 5.41) is 33.4. The van der Waals surface area contributed by atoms with Crippen molar-refractivity contribution in [2.45, 2.75) is 19.3 Å². The number of nitrogens with one attached hydrogen (secondary N) is 2. The molecule has 4 N–H and O–H groups in total. The van der Waals surface area contributed by atoms with Gasteiger partial charge in [0, 0.05) is 31.9 Å². The molecule has 18 heteroatoms. The highest BCUT2D eigenvalue weighted by atomic mass is 79.9. The predicted molar refractivity (Wildman–Crippen MR) is 142 cm³/mol. The summed E-state index contributed by atoms with van der Waals surface area (Å²) in [7, 11) is -2.89. The maximum atomic E-state index is 13.5. The molecule has 0 amide bonds. The molecule has 0 bridgehead atoms. The zero-order valence-electron chi connectivity index (χ0n) is 20.9. The fourth-order valence-corrected chi connectivity index (χ4v) is 5.07. The number of aliphatic carboxylic acids is 1. The Morgan fingerprint density at radius 1 is 1.10 bits per heavy atom. The standard InChI is InChI=1S/C21H22BrFN6O4S.C2HF3O2/c22-17-11-16(5-6-18(17)23)25-21(26-30)19-20(28-33-27-19)24-12-14-1-3-15(4-2-14)13-29-7-9-34(31,32)10-8-29;3-2(4,5)1(6)7/h1-6,11,30H,7-10,12-13H2,(H,24,28)(H,25,26);(H,6,7). The molecule has 1 saturated heterocycles. The molecule has 4 rings (SSSR count). The van der Waals surface area contributed by atoms with Gasteiger partial charge in [0.15, 0.2) is 15.5 Å². The summed E-state index contributed by atoms with van der Waals surface area (Å²) in [5.41, 5.74) is 2.68. The average Bonchev–Trinajstić information content (AvgIpc) is 3.38. The van der Waals surface area contributed by atoms with E-state index in [0.29, 0.717) is 31.9 Å². The molecule has 222 valence electrons. The van der Waals surface area contributed by atoms with E-state index >= 15 is 0 Å². The number of halogens is 5. The van der Waals surface area contributed by atoms with E-state index in [2.05, 4.69) is 46.9 Å². The molecule has 2 heterocycles. The van der Waals surface area contributed by atoms with E-state index in [-0.39, 0.29) is 33.3 Å². The van der Waals surface area contributed by atoms with E-state index in [9.17, 15) is 31.2 Å². The Balaban J connectivity index is 0.000000587. The Morgan fingerprint density at radius 3 is 2.27 bits per heavy atom. The Kier molecular flexibility index (Phi) is 10.6. The Bertz CT molecular complexity index is 1470. The van der Waals surface area contributed by atoms with Crippen molar-refractivity contribution in [2.75, 3.05) is 35.2 Å². The van der Waals surface area contributed by atoms with Gasteiger partial charge in [0.1, 0.15) is 5.82 Å². The van der Waals surface area contributed by atoms with Crippen LogP contribution in [0.5, 0.6) is 0 Å². The molecular formula is C23H23BrF4N6O6S. The number of amidine groups is 1. The van der Waals surface area contributed by atoms with Gasteiger partial charge >= 0.3 is 12.1 Å². The third-order valence-corrected chi connectivity index (χ3v) is 7.78. The summed E-state index contributed by atoms with van der Waals surface area (Å²) < 4.78 is 73.4.